The third kappa shape index (κ3) is 3.07. The highest BCUT2D eigenvalue weighted by Crippen LogP contribution is 2.41. The van der Waals surface area contributed by atoms with Gasteiger partial charge in [-0.15, -0.1) is 0 Å². The zero-order chi connectivity index (χ0) is 20.6. The maximum Gasteiger partial charge on any atom is 0.256 e. The summed E-state index contributed by atoms with van der Waals surface area (Å²) >= 11 is 0. The minimum Gasteiger partial charge on any atom is -0.393 e. The summed E-state index contributed by atoms with van der Waals surface area (Å²) in [6.45, 7) is -0.870. The van der Waals surface area contributed by atoms with E-state index in [0.29, 0.717) is 11.1 Å². The molecule has 4 atom stereocenters. The molecular formula is C19H17FN4O5. The number of ether oxygens (including phenoxy) is 1. The lowest BCUT2D eigenvalue weighted by Crippen LogP contribution is -2.46. The molecule has 2 aromatic heterocycles. The second-order valence-corrected chi connectivity index (χ2v) is 6.64. The molecule has 1 aliphatic heterocycles. The number of carbonyl (C=O) groups is 2. The van der Waals surface area contributed by atoms with Gasteiger partial charge in [-0.25, -0.2) is 13.9 Å². The molecule has 9 nitrogen and oxygen atoms in total. The highest BCUT2D eigenvalue weighted by atomic mass is 19.1. The molecule has 1 fully saturated rings. The van der Waals surface area contributed by atoms with Gasteiger partial charge in [-0.05, 0) is 24.3 Å². The smallest absolute Gasteiger partial charge is 0.256 e. The van der Waals surface area contributed by atoms with Crippen molar-refractivity contribution in [2.75, 3.05) is 11.9 Å². The van der Waals surface area contributed by atoms with Crippen LogP contribution >= 0.6 is 0 Å². The first-order valence-corrected chi connectivity index (χ1v) is 8.77. The number of hydrogen-bond acceptors (Lipinski definition) is 7. The second-order valence-electron chi connectivity index (χ2n) is 6.64. The van der Waals surface area contributed by atoms with E-state index in [9.17, 15) is 24.2 Å². The summed E-state index contributed by atoms with van der Waals surface area (Å²) in [6, 6.07) is 11.6. The Hall–Kier alpha value is -3.21. The number of halogens is 1. The maximum atomic E-state index is 14.7. The number of benzene rings is 1. The Morgan fingerprint density at radius 3 is 2.72 bits per heavy atom. The van der Waals surface area contributed by atoms with Gasteiger partial charge in [0.2, 0.25) is 0 Å². The normalized spacial score (nSPS) is 26.5. The predicted octanol–water partition coefficient (Wildman–Crippen LogP) is 0.682. The van der Waals surface area contributed by atoms with Gasteiger partial charge in [0.05, 0.1) is 12.3 Å². The number of aromatic nitrogens is 3. The summed E-state index contributed by atoms with van der Waals surface area (Å²) in [5.41, 5.74) is -1.06. The van der Waals surface area contributed by atoms with Crippen molar-refractivity contribution in [3.8, 4) is 0 Å². The first-order valence-electron chi connectivity index (χ1n) is 8.77. The predicted molar refractivity (Wildman–Crippen MR) is 98.0 cm³/mol. The van der Waals surface area contributed by atoms with Crippen molar-refractivity contribution in [3.63, 3.8) is 0 Å². The fourth-order valence-corrected chi connectivity index (χ4v) is 3.33. The molecule has 1 saturated heterocycles. The third-order valence-corrected chi connectivity index (χ3v) is 4.93. The van der Waals surface area contributed by atoms with E-state index in [1.54, 1.807) is 36.4 Å². The molecule has 3 N–H and O–H groups in total. The van der Waals surface area contributed by atoms with Gasteiger partial charge in [-0.2, -0.15) is 5.10 Å². The van der Waals surface area contributed by atoms with E-state index >= 15 is 0 Å². The summed E-state index contributed by atoms with van der Waals surface area (Å²) in [6.07, 6.45) is -3.78. The van der Waals surface area contributed by atoms with Gasteiger partial charge in [0.25, 0.3) is 5.91 Å². The van der Waals surface area contributed by atoms with Crippen LogP contribution < -0.4 is 5.32 Å². The van der Waals surface area contributed by atoms with Gasteiger partial charge in [-0.1, -0.05) is 18.2 Å². The lowest BCUT2D eigenvalue weighted by Gasteiger charge is -2.22. The number of nitrogens with one attached hydrogen (secondary N) is 1. The SMILES string of the molecule is O=C[C@]1(CO)O[C@@H](c2ccc3c(NC(=O)c4ccccc4)ncnn23)[C@H](F)[C@@H]1O. The number of rotatable bonds is 5. The Morgan fingerprint density at radius 2 is 2.07 bits per heavy atom. The van der Waals surface area contributed by atoms with Gasteiger partial charge in [-0.3, -0.25) is 9.59 Å². The molecule has 4 rings (SSSR count). The zero-order valence-corrected chi connectivity index (χ0v) is 15.0. The van der Waals surface area contributed by atoms with Crippen LogP contribution in [-0.4, -0.2) is 61.5 Å². The molecule has 3 heterocycles. The van der Waals surface area contributed by atoms with Crippen LogP contribution in [0.4, 0.5) is 10.2 Å². The molecule has 1 amide bonds. The monoisotopic (exact) mass is 400 g/mol. The third-order valence-electron chi connectivity index (χ3n) is 4.93. The number of aliphatic hydroxyl groups excluding tert-OH is 2. The molecule has 0 saturated carbocycles. The minimum atomic E-state index is -2.05. The van der Waals surface area contributed by atoms with E-state index in [1.165, 1.54) is 16.9 Å². The molecule has 29 heavy (non-hydrogen) atoms. The van der Waals surface area contributed by atoms with E-state index in [0.717, 1.165) is 0 Å². The number of anilines is 1. The maximum absolute atomic E-state index is 14.7. The zero-order valence-electron chi connectivity index (χ0n) is 15.0. The van der Waals surface area contributed by atoms with Crippen LogP contribution in [0.25, 0.3) is 5.52 Å². The van der Waals surface area contributed by atoms with Gasteiger partial charge < -0.3 is 20.3 Å². The first kappa shape index (κ1) is 19.1. The fraction of sp³-hybridized carbons (Fsp3) is 0.263. The lowest BCUT2D eigenvalue weighted by molar-refractivity contribution is -0.146. The number of aliphatic hydroxyl groups is 2. The number of carbonyl (C=O) groups excluding carboxylic acids is 2. The highest BCUT2D eigenvalue weighted by Gasteiger charge is 2.56. The van der Waals surface area contributed by atoms with Crippen LogP contribution in [0.5, 0.6) is 0 Å². The van der Waals surface area contributed by atoms with Crippen LogP contribution in [0.15, 0.2) is 48.8 Å². The molecular weight excluding hydrogens is 383 g/mol. The number of amides is 1. The number of alkyl halides is 1. The molecule has 3 aromatic rings. The Balaban J connectivity index is 1.68. The van der Waals surface area contributed by atoms with E-state index in [-0.39, 0.29) is 23.7 Å². The molecule has 0 spiro atoms. The summed E-state index contributed by atoms with van der Waals surface area (Å²) in [7, 11) is 0. The second kappa shape index (κ2) is 7.32. The first-order chi connectivity index (χ1) is 14.0. The summed E-state index contributed by atoms with van der Waals surface area (Å²) in [4.78, 5) is 27.8. The van der Waals surface area contributed by atoms with Crippen LogP contribution in [0, 0.1) is 0 Å². The van der Waals surface area contributed by atoms with Crippen molar-refractivity contribution in [2.24, 2.45) is 0 Å². The highest BCUT2D eigenvalue weighted by molar-refractivity contribution is 6.05. The topological polar surface area (TPSA) is 126 Å². The van der Waals surface area contributed by atoms with Gasteiger partial charge in [0.15, 0.2) is 23.9 Å². The van der Waals surface area contributed by atoms with Crippen LogP contribution in [-0.2, 0) is 9.53 Å². The largest absolute Gasteiger partial charge is 0.393 e. The van der Waals surface area contributed by atoms with Gasteiger partial charge in [0, 0.05) is 5.56 Å². The van der Waals surface area contributed by atoms with Gasteiger partial charge >= 0.3 is 0 Å². The molecule has 1 aromatic carbocycles. The molecule has 150 valence electrons. The number of fused-ring (bicyclic) bond motifs is 1. The minimum absolute atomic E-state index is 0.192. The molecule has 0 radical (unpaired) electrons. The Morgan fingerprint density at radius 1 is 1.31 bits per heavy atom. The quantitative estimate of drug-likeness (QED) is 0.538. The van der Waals surface area contributed by atoms with Crippen LogP contribution in [0.2, 0.25) is 0 Å². The van der Waals surface area contributed by atoms with Gasteiger partial charge in [0.1, 0.15) is 24.1 Å². The molecule has 0 unspecified atom stereocenters. The molecule has 0 bridgehead atoms. The van der Waals surface area contributed by atoms with E-state index < -0.39 is 30.6 Å². The van der Waals surface area contributed by atoms with E-state index in [1.807, 2.05) is 0 Å². The molecule has 1 aliphatic rings. The van der Waals surface area contributed by atoms with E-state index in [4.69, 9.17) is 4.74 Å². The van der Waals surface area contributed by atoms with Crippen molar-refractivity contribution in [1.29, 1.82) is 0 Å². The number of aldehydes is 1. The summed E-state index contributed by atoms with van der Waals surface area (Å²) < 4.78 is 21.4. The van der Waals surface area contributed by atoms with Crippen LogP contribution in [0.1, 0.15) is 22.2 Å². The average molecular weight is 400 g/mol. The number of hydrogen-bond donors (Lipinski definition) is 3. The fourth-order valence-electron chi connectivity index (χ4n) is 3.33. The van der Waals surface area contributed by atoms with Crippen molar-refractivity contribution >= 4 is 23.5 Å². The average Bonchev–Trinajstić information content (AvgIpc) is 3.29. The molecule has 0 aliphatic carbocycles. The summed E-state index contributed by atoms with van der Waals surface area (Å²) in [5.74, 6) is -0.192. The Labute approximate surface area is 163 Å². The number of nitrogens with zero attached hydrogens (tertiary/aromatic N) is 3. The van der Waals surface area contributed by atoms with Crippen molar-refractivity contribution in [2.45, 2.75) is 24.0 Å². The van der Waals surface area contributed by atoms with Crippen molar-refractivity contribution in [3.05, 3.63) is 60.0 Å². The Bertz CT molecular complexity index is 1060. The van der Waals surface area contributed by atoms with Crippen molar-refractivity contribution < 1.29 is 28.9 Å². The van der Waals surface area contributed by atoms with E-state index in [2.05, 4.69) is 15.4 Å². The van der Waals surface area contributed by atoms with Crippen molar-refractivity contribution in [1.82, 2.24) is 14.6 Å². The van der Waals surface area contributed by atoms with Crippen LogP contribution in [0.3, 0.4) is 0 Å². The lowest BCUT2D eigenvalue weighted by atomic mass is 9.97. The summed E-state index contributed by atoms with van der Waals surface area (Å²) in [5, 5.41) is 26.2. The Kier molecular flexibility index (Phi) is 4.82. The molecule has 10 heteroatoms. The standard InChI is InChI=1S/C19H17FN4O5/c20-14-15(29-19(8-25,9-26)16(14)27)12-6-7-13-17(21-10-22-24(12)13)23-18(28)11-4-2-1-3-5-11/h1-8,10,14-16,26-27H,9H2,(H,21,22,23,28)/t14-,15-,16-,19+/m0/s1.